The highest BCUT2D eigenvalue weighted by Crippen LogP contribution is 2.43. The predicted octanol–water partition coefficient (Wildman–Crippen LogP) is 6.25. The van der Waals surface area contributed by atoms with Crippen molar-refractivity contribution in [3.8, 4) is 11.5 Å². The van der Waals surface area contributed by atoms with E-state index in [0.29, 0.717) is 11.3 Å². The van der Waals surface area contributed by atoms with Crippen molar-refractivity contribution in [1.82, 2.24) is 4.98 Å². The molecule has 0 bridgehead atoms. The summed E-state index contributed by atoms with van der Waals surface area (Å²) in [6, 6.07) is 18.9. The topological polar surface area (TPSA) is 72.5 Å². The maximum atomic E-state index is 13.0. The minimum atomic E-state index is -0.264. The van der Waals surface area contributed by atoms with Crippen molar-refractivity contribution in [2.24, 2.45) is 0 Å². The fraction of sp³-hybridized carbons (Fsp3) is 0.185. The summed E-state index contributed by atoms with van der Waals surface area (Å²) in [5.41, 5.74) is 4.84. The standard InChI is InChI=1S/C27H25N3O3S/c1-16-11-12-28-23(13-16)29-25(20-9-10-21-22(14-20)33-15-32-21)24-17(2)18(3)34-27(24)30-26(31)19-7-5-4-6-8-19/h4-14,25H,15H2,1-3H3,(H,28,29)(H,30,31)/t25-/m1/s1. The molecule has 0 aliphatic carbocycles. The minimum Gasteiger partial charge on any atom is -0.454 e. The van der Waals surface area contributed by atoms with E-state index in [1.54, 1.807) is 17.5 Å². The summed E-state index contributed by atoms with van der Waals surface area (Å²) in [6.45, 7) is 6.41. The summed E-state index contributed by atoms with van der Waals surface area (Å²) in [4.78, 5) is 18.7. The van der Waals surface area contributed by atoms with Crippen LogP contribution in [0.3, 0.4) is 0 Å². The van der Waals surface area contributed by atoms with Gasteiger partial charge in [-0.2, -0.15) is 0 Å². The van der Waals surface area contributed by atoms with E-state index in [2.05, 4.69) is 29.5 Å². The van der Waals surface area contributed by atoms with Gasteiger partial charge in [-0.1, -0.05) is 24.3 Å². The van der Waals surface area contributed by atoms with Crippen molar-refractivity contribution in [2.45, 2.75) is 26.8 Å². The van der Waals surface area contributed by atoms with Gasteiger partial charge in [0, 0.05) is 22.2 Å². The van der Waals surface area contributed by atoms with Gasteiger partial charge in [-0.25, -0.2) is 4.98 Å². The predicted molar refractivity (Wildman–Crippen MR) is 135 cm³/mol. The molecule has 4 aromatic rings. The van der Waals surface area contributed by atoms with Crippen LogP contribution in [0.15, 0.2) is 66.9 Å². The van der Waals surface area contributed by atoms with Gasteiger partial charge in [-0.3, -0.25) is 4.79 Å². The second kappa shape index (κ2) is 9.19. The molecule has 34 heavy (non-hydrogen) atoms. The average Bonchev–Trinajstić information content (AvgIpc) is 3.42. The van der Waals surface area contributed by atoms with Crippen molar-refractivity contribution in [1.29, 1.82) is 0 Å². The van der Waals surface area contributed by atoms with Crippen molar-refractivity contribution in [3.63, 3.8) is 0 Å². The lowest BCUT2D eigenvalue weighted by molar-refractivity contribution is 0.102. The number of carbonyl (C=O) groups excluding carboxylic acids is 1. The van der Waals surface area contributed by atoms with Gasteiger partial charge < -0.3 is 20.1 Å². The van der Waals surface area contributed by atoms with Crippen LogP contribution >= 0.6 is 11.3 Å². The Morgan fingerprint density at radius 2 is 1.79 bits per heavy atom. The average molecular weight is 472 g/mol. The van der Waals surface area contributed by atoms with Crippen LogP contribution in [-0.2, 0) is 0 Å². The summed E-state index contributed by atoms with van der Waals surface area (Å²) < 4.78 is 11.2. The highest BCUT2D eigenvalue weighted by molar-refractivity contribution is 7.16. The number of amides is 1. The van der Waals surface area contributed by atoms with Crippen molar-refractivity contribution < 1.29 is 14.3 Å². The zero-order valence-electron chi connectivity index (χ0n) is 19.2. The van der Waals surface area contributed by atoms with E-state index < -0.39 is 0 Å². The molecule has 172 valence electrons. The molecule has 0 radical (unpaired) electrons. The summed E-state index contributed by atoms with van der Waals surface area (Å²) >= 11 is 1.58. The van der Waals surface area contributed by atoms with Gasteiger partial charge in [-0.05, 0) is 73.9 Å². The van der Waals surface area contributed by atoms with E-state index in [1.807, 2.05) is 67.6 Å². The SMILES string of the molecule is Cc1ccnc(N[C@H](c2ccc3c(c2)OCO3)c2c(NC(=O)c3ccccc3)sc(C)c2C)c1. The number of thiophene rings is 1. The number of nitrogens with one attached hydrogen (secondary N) is 2. The van der Waals surface area contributed by atoms with Crippen LogP contribution in [0.5, 0.6) is 11.5 Å². The number of carbonyl (C=O) groups is 1. The van der Waals surface area contributed by atoms with Crippen molar-refractivity contribution >= 4 is 28.1 Å². The molecular formula is C27H25N3O3S. The summed E-state index contributed by atoms with van der Waals surface area (Å²) in [5.74, 6) is 2.06. The van der Waals surface area contributed by atoms with Crippen LogP contribution in [0.2, 0.25) is 0 Å². The van der Waals surface area contributed by atoms with E-state index in [9.17, 15) is 4.79 Å². The Morgan fingerprint density at radius 3 is 2.59 bits per heavy atom. The third-order valence-corrected chi connectivity index (χ3v) is 7.06. The number of pyridine rings is 1. The van der Waals surface area contributed by atoms with Crippen LogP contribution in [0.25, 0.3) is 0 Å². The number of ether oxygens (including phenoxy) is 2. The summed E-state index contributed by atoms with van der Waals surface area (Å²) in [7, 11) is 0. The second-order valence-corrected chi connectivity index (χ2v) is 9.48. The quantitative estimate of drug-likeness (QED) is 0.348. The first-order chi connectivity index (χ1) is 16.5. The normalized spacial score (nSPS) is 12.9. The van der Waals surface area contributed by atoms with Crippen LogP contribution < -0.4 is 20.1 Å². The molecule has 1 aliphatic heterocycles. The van der Waals surface area contributed by atoms with Gasteiger partial charge in [0.05, 0.1) is 6.04 Å². The van der Waals surface area contributed by atoms with E-state index in [0.717, 1.165) is 43.7 Å². The van der Waals surface area contributed by atoms with Gasteiger partial charge >= 0.3 is 0 Å². The number of fused-ring (bicyclic) bond motifs is 1. The van der Waals surface area contributed by atoms with Gasteiger partial charge in [0.25, 0.3) is 5.91 Å². The molecule has 1 aliphatic rings. The summed E-state index contributed by atoms with van der Waals surface area (Å²) in [6.07, 6.45) is 1.79. The number of rotatable bonds is 6. The first-order valence-electron chi connectivity index (χ1n) is 11.0. The second-order valence-electron chi connectivity index (χ2n) is 8.25. The molecule has 0 unspecified atom stereocenters. The van der Waals surface area contributed by atoms with Crippen molar-refractivity contribution in [3.05, 3.63) is 99.6 Å². The molecule has 7 heteroatoms. The lowest BCUT2D eigenvalue weighted by Gasteiger charge is -2.23. The zero-order valence-corrected chi connectivity index (χ0v) is 20.0. The van der Waals surface area contributed by atoms with E-state index in [-0.39, 0.29) is 18.7 Å². The first kappa shape index (κ1) is 22.0. The number of hydrogen-bond donors (Lipinski definition) is 2. The molecule has 2 aromatic heterocycles. The number of anilines is 2. The van der Waals surface area contributed by atoms with Gasteiger partial charge in [0.15, 0.2) is 11.5 Å². The molecule has 1 amide bonds. The third kappa shape index (κ3) is 4.34. The number of aromatic nitrogens is 1. The minimum absolute atomic E-state index is 0.138. The van der Waals surface area contributed by atoms with Crippen LogP contribution in [0, 0.1) is 20.8 Å². The van der Waals surface area contributed by atoms with Crippen LogP contribution in [0.1, 0.15) is 43.5 Å². The molecular weight excluding hydrogens is 446 g/mol. The third-order valence-electron chi connectivity index (χ3n) is 5.92. The maximum Gasteiger partial charge on any atom is 0.256 e. The highest BCUT2D eigenvalue weighted by atomic mass is 32.1. The Morgan fingerprint density at radius 1 is 1.00 bits per heavy atom. The summed E-state index contributed by atoms with van der Waals surface area (Å²) in [5, 5.41) is 7.56. The molecule has 6 nitrogen and oxygen atoms in total. The Labute approximate surface area is 202 Å². The van der Waals surface area contributed by atoms with Crippen LogP contribution in [0.4, 0.5) is 10.8 Å². The van der Waals surface area contributed by atoms with E-state index >= 15 is 0 Å². The van der Waals surface area contributed by atoms with E-state index in [1.165, 1.54) is 0 Å². The molecule has 5 rings (SSSR count). The fourth-order valence-corrected chi connectivity index (χ4v) is 5.12. The fourth-order valence-electron chi connectivity index (χ4n) is 4.03. The molecule has 1 atom stereocenters. The van der Waals surface area contributed by atoms with Gasteiger partial charge in [0.2, 0.25) is 6.79 Å². The molecule has 2 N–H and O–H groups in total. The van der Waals surface area contributed by atoms with Gasteiger partial charge in [0.1, 0.15) is 10.8 Å². The van der Waals surface area contributed by atoms with Crippen LogP contribution in [-0.4, -0.2) is 17.7 Å². The van der Waals surface area contributed by atoms with E-state index in [4.69, 9.17) is 9.47 Å². The largest absolute Gasteiger partial charge is 0.454 e. The van der Waals surface area contributed by atoms with Gasteiger partial charge in [-0.15, -0.1) is 11.3 Å². The molecule has 0 saturated carbocycles. The number of benzene rings is 2. The Bertz CT molecular complexity index is 1350. The molecule has 0 saturated heterocycles. The lowest BCUT2D eigenvalue weighted by Crippen LogP contribution is -2.18. The molecule has 0 spiro atoms. The highest BCUT2D eigenvalue weighted by Gasteiger charge is 2.27. The number of hydrogen-bond acceptors (Lipinski definition) is 6. The number of aryl methyl sites for hydroxylation is 2. The maximum absolute atomic E-state index is 13.0. The smallest absolute Gasteiger partial charge is 0.256 e. The Kier molecular flexibility index (Phi) is 5.94. The number of nitrogens with zero attached hydrogens (tertiary/aromatic N) is 1. The molecule has 0 fully saturated rings. The monoisotopic (exact) mass is 471 g/mol. The first-order valence-corrected chi connectivity index (χ1v) is 11.9. The molecule has 3 heterocycles. The Balaban J connectivity index is 1.59. The molecule has 2 aromatic carbocycles. The van der Waals surface area contributed by atoms with Crippen molar-refractivity contribution in [2.75, 3.05) is 17.4 Å². The Hall–Kier alpha value is -3.84. The zero-order chi connectivity index (χ0) is 23.7. The lowest BCUT2D eigenvalue weighted by atomic mass is 9.96.